The van der Waals surface area contributed by atoms with Crippen molar-refractivity contribution in [2.75, 3.05) is 25.1 Å². The van der Waals surface area contributed by atoms with E-state index in [0.717, 1.165) is 12.8 Å². The van der Waals surface area contributed by atoms with Crippen LogP contribution in [0.4, 0.5) is 4.79 Å². The van der Waals surface area contributed by atoms with Crippen molar-refractivity contribution in [1.82, 2.24) is 10.2 Å². The molecule has 5 nitrogen and oxygen atoms in total. The van der Waals surface area contributed by atoms with E-state index in [4.69, 9.17) is 0 Å². The van der Waals surface area contributed by atoms with Gasteiger partial charge in [0.1, 0.15) is 0 Å². The van der Waals surface area contributed by atoms with E-state index in [1.807, 2.05) is 0 Å². The molecule has 1 N–H and O–H groups in total. The highest BCUT2D eigenvalue weighted by Crippen LogP contribution is 2.34. The Bertz CT molecular complexity index is 537. The molecule has 2 aliphatic rings. The second-order valence-electron chi connectivity index (χ2n) is 6.83. The van der Waals surface area contributed by atoms with Gasteiger partial charge in [-0.2, -0.15) is 0 Å². The van der Waals surface area contributed by atoms with Crippen LogP contribution in [-0.2, 0) is 9.84 Å². The Morgan fingerprint density at radius 3 is 2.71 bits per heavy atom. The Kier molecular flexibility index (Phi) is 4.66. The number of urea groups is 1. The van der Waals surface area contributed by atoms with Gasteiger partial charge in [-0.05, 0) is 25.7 Å². The zero-order chi connectivity index (χ0) is 15.7. The summed E-state index contributed by atoms with van der Waals surface area (Å²) in [5.74, 6) is 0.277. The van der Waals surface area contributed by atoms with E-state index >= 15 is 0 Å². The molecule has 1 heterocycles. The number of hydrogen-bond acceptors (Lipinski definition) is 3. The molecule has 1 unspecified atom stereocenters. The number of sulfone groups is 1. The Hall–Kier alpha value is -1.04. The van der Waals surface area contributed by atoms with Crippen LogP contribution in [0.2, 0.25) is 0 Å². The number of hydrogen-bond donors (Lipinski definition) is 1. The molecule has 0 aromatic carbocycles. The summed E-state index contributed by atoms with van der Waals surface area (Å²) >= 11 is 0. The first-order valence-electron chi connectivity index (χ1n) is 7.62. The summed E-state index contributed by atoms with van der Waals surface area (Å²) in [5, 5.41) is 2.96. The van der Waals surface area contributed by atoms with Crippen molar-refractivity contribution in [2.45, 2.75) is 45.6 Å². The van der Waals surface area contributed by atoms with Gasteiger partial charge in [0.2, 0.25) is 0 Å². The predicted molar refractivity (Wildman–Crippen MR) is 83.9 cm³/mol. The molecule has 1 aliphatic heterocycles. The third-order valence-corrected chi connectivity index (χ3v) is 6.42. The molecule has 120 valence electrons. The van der Waals surface area contributed by atoms with Gasteiger partial charge < -0.3 is 10.2 Å². The third kappa shape index (κ3) is 3.99. The molecule has 0 saturated carbocycles. The standard InChI is InChI=1S/C15H26N2O3S/c1-15(2,12-6-4-5-7-12)11-16-14(18)17(3)13-8-9-21(19,20)10-13/h6,13H,4-5,7-11H2,1-3H3,(H,16,18). The Balaban J connectivity index is 1.87. The van der Waals surface area contributed by atoms with E-state index in [-0.39, 0.29) is 29.0 Å². The Morgan fingerprint density at radius 1 is 1.48 bits per heavy atom. The van der Waals surface area contributed by atoms with Crippen LogP contribution >= 0.6 is 0 Å². The van der Waals surface area contributed by atoms with Crippen molar-refractivity contribution in [3.63, 3.8) is 0 Å². The lowest BCUT2D eigenvalue weighted by Gasteiger charge is -2.30. The fourth-order valence-electron chi connectivity index (χ4n) is 3.07. The highest BCUT2D eigenvalue weighted by atomic mass is 32.2. The highest BCUT2D eigenvalue weighted by molar-refractivity contribution is 7.91. The molecule has 1 atom stereocenters. The molecule has 0 aromatic rings. The Morgan fingerprint density at radius 2 is 2.19 bits per heavy atom. The number of nitrogens with one attached hydrogen (secondary N) is 1. The van der Waals surface area contributed by atoms with Crippen LogP contribution in [0.3, 0.4) is 0 Å². The number of carbonyl (C=O) groups excluding carboxylic acids is 1. The summed E-state index contributed by atoms with van der Waals surface area (Å²) < 4.78 is 23.0. The van der Waals surface area contributed by atoms with Gasteiger partial charge in [-0.15, -0.1) is 0 Å². The third-order valence-electron chi connectivity index (χ3n) is 4.67. The van der Waals surface area contributed by atoms with Crippen LogP contribution in [-0.4, -0.2) is 50.5 Å². The smallest absolute Gasteiger partial charge is 0.317 e. The number of amides is 2. The lowest BCUT2D eigenvalue weighted by Crippen LogP contribution is -2.46. The van der Waals surface area contributed by atoms with E-state index in [1.54, 1.807) is 11.9 Å². The van der Waals surface area contributed by atoms with E-state index < -0.39 is 9.84 Å². The minimum Gasteiger partial charge on any atom is -0.337 e. The molecule has 2 rings (SSSR count). The van der Waals surface area contributed by atoms with Crippen LogP contribution in [0.1, 0.15) is 39.5 Å². The van der Waals surface area contributed by atoms with Gasteiger partial charge in [-0.3, -0.25) is 0 Å². The molecule has 0 radical (unpaired) electrons. The van der Waals surface area contributed by atoms with Gasteiger partial charge in [0, 0.05) is 25.0 Å². The van der Waals surface area contributed by atoms with E-state index in [1.165, 1.54) is 12.0 Å². The molecule has 6 heteroatoms. The zero-order valence-corrected chi connectivity index (χ0v) is 14.0. The van der Waals surface area contributed by atoms with Crippen molar-refractivity contribution in [2.24, 2.45) is 5.41 Å². The van der Waals surface area contributed by atoms with Gasteiger partial charge in [-0.25, -0.2) is 13.2 Å². The minimum absolute atomic E-state index is 0.0330. The van der Waals surface area contributed by atoms with Crippen LogP contribution < -0.4 is 5.32 Å². The molecule has 1 saturated heterocycles. The first-order chi connectivity index (χ1) is 9.71. The van der Waals surface area contributed by atoms with Crippen LogP contribution in [0.5, 0.6) is 0 Å². The molecular weight excluding hydrogens is 288 g/mol. The molecule has 0 aromatic heterocycles. The van der Waals surface area contributed by atoms with E-state index in [2.05, 4.69) is 25.2 Å². The number of carbonyl (C=O) groups is 1. The number of allylic oxidation sites excluding steroid dienone is 1. The average Bonchev–Trinajstić information content (AvgIpc) is 3.04. The van der Waals surface area contributed by atoms with Crippen molar-refractivity contribution in [3.8, 4) is 0 Å². The highest BCUT2D eigenvalue weighted by Gasteiger charge is 2.33. The van der Waals surface area contributed by atoms with Crippen LogP contribution in [0, 0.1) is 5.41 Å². The van der Waals surface area contributed by atoms with Crippen molar-refractivity contribution < 1.29 is 13.2 Å². The first kappa shape index (κ1) is 16.3. The summed E-state index contributed by atoms with van der Waals surface area (Å²) in [6.07, 6.45) is 6.26. The van der Waals surface area contributed by atoms with Crippen LogP contribution in [0.25, 0.3) is 0 Å². The lowest BCUT2D eigenvalue weighted by molar-refractivity contribution is 0.191. The van der Waals surface area contributed by atoms with Gasteiger partial charge in [0.05, 0.1) is 11.5 Å². The monoisotopic (exact) mass is 314 g/mol. The summed E-state index contributed by atoms with van der Waals surface area (Å²) in [4.78, 5) is 13.7. The summed E-state index contributed by atoms with van der Waals surface area (Å²) in [7, 11) is -1.28. The Labute approximate surface area is 127 Å². The first-order valence-corrected chi connectivity index (χ1v) is 9.44. The van der Waals surface area contributed by atoms with Crippen molar-refractivity contribution in [1.29, 1.82) is 0 Å². The summed E-state index contributed by atoms with van der Waals surface area (Å²) in [6.45, 7) is 4.87. The topological polar surface area (TPSA) is 66.5 Å². The molecule has 21 heavy (non-hydrogen) atoms. The molecule has 0 spiro atoms. The molecule has 2 amide bonds. The molecule has 1 fully saturated rings. The largest absolute Gasteiger partial charge is 0.337 e. The van der Waals surface area contributed by atoms with Gasteiger partial charge >= 0.3 is 6.03 Å². The quantitative estimate of drug-likeness (QED) is 0.807. The maximum Gasteiger partial charge on any atom is 0.317 e. The SMILES string of the molecule is CN(C(=O)NCC(C)(C)C1=CCCC1)C1CCS(=O)(=O)C1. The van der Waals surface area contributed by atoms with E-state index in [9.17, 15) is 13.2 Å². The maximum atomic E-state index is 12.2. The molecule has 0 bridgehead atoms. The van der Waals surface area contributed by atoms with E-state index in [0.29, 0.717) is 13.0 Å². The van der Waals surface area contributed by atoms with Crippen molar-refractivity contribution >= 4 is 15.9 Å². The zero-order valence-electron chi connectivity index (χ0n) is 13.2. The van der Waals surface area contributed by atoms with Gasteiger partial charge in [0.25, 0.3) is 0 Å². The molecule has 1 aliphatic carbocycles. The normalized spacial score (nSPS) is 24.7. The molecular formula is C15H26N2O3S. The predicted octanol–water partition coefficient (Wildman–Crippen LogP) is 1.95. The fourth-order valence-corrected chi connectivity index (χ4v) is 4.84. The lowest BCUT2D eigenvalue weighted by atomic mass is 9.83. The summed E-state index contributed by atoms with van der Waals surface area (Å²) in [6, 6.07) is -0.368. The van der Waals surface area contributed by atoms with Gasteiger partial charge in [0.15, 0.2) is 9.84 Å². The second kappa shape index (κ2) is 5.99. The number of rotatable bonds is 4. The summed E-state index contributed by atoms with van der Waals surface area (Å²) in [5.41, 5.74) is 1.38. The maximum absolute atomic E-state index is 12.2. The van der Waals surface area contributed by atoms with Crippen molar-refractivity contribution in [3.05, 3.63) is 11.6 Å². The van der Waals surface area contributed by atoms with Gasteiger partial charge in [-0.1, -0.05) is 25.5 Å². The average molecular weight is 314 g/mol. The second-order valence-corrected chi connectivity index (χ2v) is 9.06. The van der Waals surface area contributed by atoms with Crippen LogP contribution in [0.15, 0.2) is 11.6 Å². The number of nitrogens with zero attached hydrogens (tertiary/aromatic N) is 1. The minimum atomic E-state index is -2.96. The fraction of sp³-hybridized carbons (Fsp3) is 0.800.